The quantitative estimate of drug-likeness (QED) is 0.736. The maximum atomic E-state index is 12.5. The van der Waals surface area contributed by atoms with Crippen LogP contribution in [0.25, 0.3) is 5.13 Å². The number of carbonyl (C=O) groups excluding carboxylic acids is 1. The van der Waals surface area contributed by atoms with Gasteiger partial charge in [0.2, 0.25) is 0 Å². The summed E-state index contributed by atoms with van der Waals surface area (Å²) in [5.74, 6) is 0.773. The molecule has 0 unspecified atom stereocenters. The first-order valence-electron chi connectivity index (χ1n) is 8.10. The predicted molar refractivity (Wildman–Crippen MR) is 99.9 cm³/mol. The molecule has 0 aliphatic heterocycles. The van der Waals surface area contributed by atoms with Crippen LogP contribution in [0.1, 0.15) is 27.3 Å². The SMILES string of the molecule is COc1cccc(CCNC(=O)c2cc(C)n(-c3nccs3)c2C)c1. The maximum absolute atomic E-state index is 12.5. The van der Waals surface area contributed by atoms with E-state index in [-0.39, 0.29) is 5.91 Å². The number of amides is 1. The van der Waals surface area contributed by atoms with E-state index >= 15 is 0 Å². The van der Waals surface area contributed by atoms with Gasteiger partial charge in [0.1, 0.15) is 5.75 Å². The molecule has 3 rings (SSSR count). The molecule has 0 atom stereocenters. The van der Waals surface area contributed by atoms with Gasteiger partial charge in [-0.15, -0.1) is 11.3 Å². The maximum Gasteiger partial charge on any atom is 0.253 e. The van der Waals surface area contributed by atoms with Gasteiger partial charge in [-0.05, 0) is 44.0 Å². The topological polar surface area (TPSA) is 56.1 Å². The third-order valence-corrected chi connectivity index (χ3v) is 4.88. The molecular weight excluding hydrogens is 334 g/mol. The summed E-state index contributed by atoms with van der Waals surface area (Å²) < 4.78 is 7.24. The summed E-state index contributed by atoms with van der Waals surface area (Å²) >= 11 is 1.56. The molecule has 0 spiro atoms. The zero-order valence-corrected chi connectivity index (χ0v) is 15.4. The van der Waals surface area contributed by atoms with Crippen molar-refractivity contribution in [3.05, 3.63) is 64.4 Å². The second-order valence-corrected chi connectivity index (χ2v) is 6.67. The minimum absolute atomic E-state index is 0.0567. The lowest BCUT2D eigenvalue weighted by molar-refractivity contribution is 0.0953. The van der Waals surface area contributed by atoms with E-state index in [0.29, 0.717) is 12.1 Å². The highest BCUT2D eigenvalue weighted by Gasteiger charge is 2.17. The second kappa shape index (κ2) is 7.53. The highest BCUT2D eigenvalue weighted by molar-refractivity contribution is 7.12. The van der Waals surface area contributed by atoms with Gasteiger partial charge in [-0.2, -0.15) is 0 Å². The van der Waals surface area contributed by atoms with Crippen LogP contribution in [0.5, 0.6) is 5.75 Å². The first kappa shape index (κ1) is 17.2. The van der Waals surface area contributed by atoms with Crippen molar-refractivity contribution >= 4 is 17.2 Å². The first-order chi connectivity index (χ1) is 12.1. The average Bonchev–Trinajstić information content (AvgIpc) is 3.23. The van der Waals surface area contributed by atoms with Gasteiger partial charge in [0, 0.05) is 29.5 Å². The standard InChI is InChI=1S/C19H21N3O2S/c1-13-11-17(14(2)22(13)19-21-9-10-25-19)18(23)20-8-7-15-5-4-6-16(12-15)24-3/h4-6,9-12H,7-8H2,1-3H3,(H,20,23). The number of nitrogens with one attached hydrogen (secondary N) is 1. The summed E-state index contributed by atoms with van der Waals surface area (Å²) in [7, 11) is 1.65. The molecule has 2 aromatic heterocycles. The largest absolute Gasteiger partial charge is 0.497 e. The molecule has 1 N–H and O–H groups in total. The Hall–Kier alpha value is -2.60. The number of aryl methyl sites for hydroxylation is 1. The van der Waals surface area contributed by atoms with Crippen molar-refractivity contribution < 1.29 is 9.53 Å². The van der Waals surface area contributed by atoms with Crippen LogP contribution in [0.4, 0.5) is 0 Å². The van der Waals surface area contributed by atoms with E-state index in [4.69, 9.17) is 4.74 Å². The Kier molecular flexibility index (Phi) is 5.19. The number of hydrogen-bond acceptors (Lipinski definition) is 4. The molecule has 0 fully saturated rings. The van der Waals surface area contributed by atoms with Crippen LogP contribution in [0.15, 0.2) is 41.9 Å². The molecule has 0 aliphatic carbocycles. The second-order valence-electron chi connectivity index (χ2n) is 5.79. The van der Waals surface area contributed by atoms with E-state index in [1.54, 1.807) is 24.6 Å². The lowest BCUT2D eigenvalue weighted by atomic mass is 10.1. The Bertz CT molecular complexity index is 869. The van der Waals surface area contributed by atoms with Crippen molar-refractivity contribution in [1.29, 1.82) is 0 Å². The van der Waals surface area contributed by atoms with E-state index in [1.807, 2.05) is 54.1 Å². The van der Waals surface area contributed by atoms with Gasteiger partial charge in [-0.1, -0.05) is 12.1 Å². The molecular formula is C19H21N3O2S. The van der Waals surface area contributed by atoms with Crippen LogP contribution in [-0.4, -0.2) is 29.1 Å². The Balaban J connectivity index is 1.67. The van der Waals surface area contributed by atoms with Crippen LogP contribution < -0.4 is 10.1 Å². The molecule has 1 aromatic carbocycles. The van der Waals surface area contributed by atoms with Gasteiger partial charge in [0.15, 0.2) is 5.13 Å². The molecule has 0 bridgehead atoms. The zero-order chi connectivity index (χ0) is 17.8. The summed E-state index contributed by atoms with van der Waals surface area (Å²) in [6.07, 6.45) is 2.53. The van der Waals surface area contributed by atoms with E-state index in [0.717, 1.165) is 34.3 Å². The third kappa shape index (κ3) is 3.74. The Morgan fingerprint density at radius 1 is 1.32 bits per heavy atom. The molecule has 6 heteroatoms. The van der Waals surface area contributed by atoms with Crippen molar-refractivity contribution in [2.45, 2.75) is 20.3 Å². The minimum Gasteiger partial charge on any atom is -0.497 e. The number of aromatic nitrogens is 2. The lowest BCUT2D eigenvalue weighted by Gasteiger charge is -2.08. The molecule has 0 radical (unpaired) electrons. The van der Waals surface area contributed by atoms with Gasteiger partial charge in [-0.25, -0.2) is 4.98 Å². The monoisotopic (exact) mass is 355 g/mol. The van der Waals surface area contributed by atoms with Gasteiger partial charge in [-0.3, -0.25) is 9.36 Å². The van der Waals surface area contributed by atoms with Crippen molar-refractivity contribution in [2.75, 3.05) is 13.7 Å². The number of thiazole rings is 1. The molecule has 0 aliphatic rings. The fourth-order valence-corrected chi connectivity index (χ4v) is 3.61. The van der Waals surface area contributed by atoms with Crippen molar-refractivity contribution in [1.82, 2.24) is 14.9 Å². The van der Waals surface area contributed by atoms with Crippen LogP contribution in [0.2, 0.25) is 0 Å². The molecule has 130 valence electrons. The number of hydrogen-bond donors (Lipinski definition) is 1. The molecule has 2 heterocycles. The smallest absolute Gasteiger partial charge is 0.253 e. The van der Waals surface area contributed by atoms with E-state index in [1.165, 1.54) is 0 Å². The van der Waals surface area contributed by atoms with Gasteiger partial charge in [0.05, 0.1) is 12.7 Å². The van der Waals surface area contributed by atoms with Crippen molar-refractivity contribution in [2.24, 2.45) is 0 Å². The first-order valence-corrected chi connectivity index (χ1v) is 8.98. The van der Waals surface area contributed by atoms with Crippen LogP contribution >= 0.6 is 11.3 Å². The molecule has 0 saturated carbocycles. The molecule has 0 saturated heterocycles. The summed E-state index contributed by atoms with van der Waals surface area (Å²) in [6, 6.07) is 9.80. The van der Waals surface area contributed by atoms with E-state index in [2.05, 4.69) is 10.3 Å². The molecule has 25 heavy (non-hydrogen) atoms. The van der Waals surface area contributed by atoms with Crippen molar-refractivity contribution in [3.63, 3.8) is 0 Å². The number of benzene rings is 1. The lowest BCUT2D eigenvalue weighted by Crippen LogP contribution is -2.26. The van der Waals surface area contributed by atoms with E-state index < -0.39 is 0 Å². The Labute approximate surface area is 151 Å². The number of ether oxygens (including phenoxy) is 1. The van der Waals surface area contributed by atoms with Crippen LogP contribution in [-0.2, 0) is 6.42 Å². The molecule has 3 aromatic rings. The van der Waals surface area contributed by atoms with Gasteiger partial charge < -0.3 is 10.1 Å². The highest BCUT2D eigenvalue weighted by Crippen LogP contribution is 2.22. The summed E-state index contributed by atoms with van der Waals surface area (Å²) in [5, 5.41) is 5.81. The number of methoxy groups -OCH3 is 1. The van der Waals surface area contributed by atoms with Crippen LogP contribution in [0, 0.1) is 13.8 Å². The predicted octanol–water partition coefficient (Wildman–Crippen LogP) is 3.53. The Morgan fingerprint density at radius 3 is 2.88 bits per heavy atom. The fourth-order valence-electron chi connectivity index (χ4n) is 2.86. The number of rotatable bonds is 6. The number of carbonyl (C=O) groups is 1. The fraction of sp³-hybridized carbons (Fsp3) is 0.263. The van der Waals surface area contributed by atoms with E-state index in [9.17, 15) is 4.79 Å². The minimum atomic E-state index is -0.0567. The zero-order valence-electron chi connectivity index (χ0n) is 14.6. The number of nitrogens with zero attached hydrogens (tertiary/aromatic N) is 2. The average molecular weight is 355 g/mol. The Morgan fingerprint density at radius 2 is 2.16 bits per heavy atom. The van der Waals surface area contributed by atoms with Crippen molar-refractivity contribution in [3.8, 4) is 10.9 Å². The van der Waals surface area contributed by atoms with Crippen LogP contribution in [0.3, 0.4) is 0 Å². The molecule has 1 amide bonds. The highest BCUT2D eigenvalue weighted by atomic mass is 32.1. The van der Waals surface area contributed by atoms with Gasteiger partial charge in [0.25, 0.3) is 5.91 Å². The molecule has 5 nitrogen and oxygen atoms in total. The summed E-state index contributed by atoms with van der Waals surface area (Å²) in [4.78, 5) is 16.9. The summed E-state index contributed by atoms with van der Waals surface area (Å²) in [5.41, 5.74) is 3.74. The van der Waals surface area contributed by atoms with Gasteiger partial charge >= 0.3 is 0 Å². The normalized spacial score (nSPS) is 10.7. The third-order valence-electron chi connectivity index (χ3n) is 4.12. The summed E-state index contributed by atoms with van der Waals surface area (Å²) in [6.45, 7) is 4.51.